The first-order valence-electron chi connectivity index (χ1n) is 9.93. The van der Waals surface area contributed by atoms with Crippen LogP contribution in [0.5, 0.6) is 0 Å². The third kappa shape index (κ3) is 6.89. The van der Waals surface area contributed by atoms with E-state index < -0.39 is 5.91 Å². The Kier molecular flexibility index (Phi) is 8.29. The van der Waals surface area contributed by atoms with E-state index in [1.807, 2.05) is 66.7 Å². The summed E-state index contributed by atoms with van der Waals surface area (Å²) >= 11 is 3.42. The van der Waals surface area contributed by atoms with Gasteiger partial charge >= 0.3 is 0 Å². The summed E-state index contributed by atoms with van der Waals surface area (Å²) in [6.45, 7) is 1.79. The van der Waals surface area contributed by atoms with Crippen molar-refractivity contribution in [3.63, 3.8) is 0 Å². The number of carbonyl (C=O) groups is 2. The van der Waals surface area contributed by atoms with Gasteiger partial charge in [-0.1, -0.05) is 88.7 Å². The molecule has 0 saturated carbocycles. The molecule has 3 aromatic carbocycles. The SMILES string of the molecule is CC(=NNC(=O)C(=CC=Cc1ccccc1)NC(=O)c1ccccc1)c1cccc(Br)c1. The molecule has 2 amide bonds. The molecule has 0 atom stereocenters. The Balaban J connectivity index is 1.79. The number of carbonyl (C=O) groups excluding carboxylic acids is 2. The number of halogens is 1. The average molecular weight is 488 g/mol. The number of hydrogen-bond donors (Lipinski definition) is 2. The number of nitrogens with zero attached hydrogens (tertiary/aromatic N) is 1. The fourth-order valence-corrected chi connectivity index (χ4v) is 3.15. The lowest BCUT2D eigenvalue weighted by Crippen LogP contribution is -2.33. The van der Waals surface area contributed by atoms with Crippen LogP contribution in [-0.4, -0.2) is 17.5 Å². The first-order chi connectivity index (χ1) is 15.5. The van der Waals surface area contributed by atoms with Crippen LogP contribution >= 0.6 is 15.9 Å². The van der Waals surface area contributed by atoms with Gasteiger partial charge in [-0.15, -0.1) is 0 Å². The van der Waals surface area contributed by atoms with Crippen molar-refractivity contribution in [3.05, 3.63) is 124 Å². The third-order valence-corrected chi connectivity index (χ3v) is 4.94. The van der Waals surface area contributed by atoms with Gasteiger partial charge in [0.2, 0.25) is 0 Å². The maximum atomic E-state index is 12.8. The zero-order valence-electron chi connectivity index (χ0n) is 17.5. The van der Waals surface area contributed by atoms with Crippen LogP contribution in [0.3, 0.4) is 0 Å². The molecular formula is C26H22BrN3O2. The summed E-state index contributed by atoms with van der Waals surface area (Å²) in [5.74, 6) is -0.908. The van der Waals surface area contributed by atoms with Gasteiger partial charge in [0, 0.05) is 10.0 Å². The minimum Gasteiger partial charge on any atom is -0.317 e. The molecule has 0 aliphatic rings. The Morgan fingerprint density at radius 1 is 0.875 bits per heavy atom. The van der Waals surface area contributed by atoms with E-state index in [2.05, 4.69) is 31.8 Å². The molecule has 0 aliphatic heterocycles. The Bertz CT molecular complexity index is 1170. The highest BCUT2D eigenvalue weighted by atomic mass is 79.9. The number of benzene rings is 3. The van der Waals surface area contributed by atoms with E-state index in [9.17, 15) is 9.59 Å². The summed E-state index contributed by atoms with van der Waals surface area (Å²) in [4.78, 5) is 25.4. The van der Waals surface area contributed by atoms with Crippen LogP contribution in [0.25, 0.3) is 6.08 Å². The second kappa shape index (κ2) is 11.6. The zero-order chi connectivity index (χ0) is 22.8. The topological polar surface area (TPSA) is 70.6 Å². The van der Waals surface area contributed by atoms with Gasteiger partial charge in [0.05, 0.1) is 5.71 Å². The van der Waals surface area contributed by atoms with Crippen molar-refractivity contribution in [1.82, 2.24) is 10.7 Å². The van der Waals surface area contributed by atoms with E-state index >= 15 is 0 Å². The standard InChI is InChI=1S/C26H22BrN3O2/c1-19(22-15-9-16-23(27)18-22)29-30-26(32)24(17-8-12-20-10-4-2-5-11-20)28-25(31)21-13-6-3-7-14-21/h2-18H,1H3,(H,28,31)(H,30,32). The second-order valence-electron chi connectivity index (χ2n) is 6.82. The van der Waals surface area contributed by atoms with Crippen molar-refractivity contribution in [1.29, 1.82) is 0 Å². The molecule has 2 N–H and O–H groups in total. The van der Waals surface area contributed by atoms with Crippen LogP contribution in [0.15, 0.2) is 112 Å². The van der Waals surface area contributed by atoms with Crippen molar-refractivity contribution in [2.75, 3.05) is 0 Å². The molecule has 0 aliphatic carbocycles. The molecule has 0 saturated heterocycles. The van der Waals surface area contributed by atoms with Gasteiger partial charge in [-0.05, 0) is 48.4 Å². The van der Waals surface area contributed by atoms with Crippen molar-refractivity contribution in [2.45, 2.75) is 6.92 Å². The number of allylic oxidation sites excluding steroid dienone is 2. The number of hydrazone groups is 1. The molecule has 0 heterocycles. The van der Waals surface area contributed by atoms with Crippen molar-refractivity contribution >= 4 is 39.5 Å². The lowest BCUT2D eigenvalue weighted by Gasteiger charge is -2.09. The lowest BCUT2D eigenvalue weighted by molar-refractivity contribution is -0.117. The second-order valence-corrected chi connectivity index (χ2v) is 7.73. The van der Waals surface area contributed by atoms with Crippen LogP contribution in [0.1, 0.15) is 28.4 Å². The molecule has 0 unspecified atom stereocenters. The molecule has 0 radical (unpaired) electrons. The highest BCUT2D eigenvalue weighted by Crippen LogP contribution is 2.12. The molecule has 0 fully saturated rings. The summed E-state index contributed by atoms with van der Waals surface area (Å²) in [7, 11) is 0. The van der Waals surface area contributed by atoms with Crippen LogP contribution in [0.4, 0.5) is 0 Å². The summed E-state index contributed by atoms with van der Waals surface area (Å²) < 4.78 is 0.914. The van der Waals surface area contributed by atoms with Crippen molar-refractivity contribution in [3.8, 4) is 0 Å². The first-order valence-corrected chi connectivity index (χ1v) is 10.7. The highest BCUT2D eigenvalue weighted by Gasteiger charge is 2.13. The summed E-state index contributed by atoms with van der Waals surface area (Å²) in [6, 6.07) is 26.0. The van der Waals surface area contributed by atoms with Gasteiger partial charge in [0.1, 0.15) is 5.70 Å². The fourth-order valence-electron chi connectivity index (χ4n) is 2.75. The first kappa shape index (κ1) is 22.9. The number of hydrogen-bond acceptors (Lipinski definition) is 3. The lowest BCUT2D eigenvalue weighted by atomic mass is 10.1. The molecule has 5 nitrogen and oxygen atoms in total. The third-order valence-electron chi connectivity index (χ3n) is 4.45. The Hall–Kier alpha value is -3.77. The average Bonchev–Trinajstić information content (AvgIpc) is 2.82. The molecule has 3 aromatic rings. The highest BCUT2D eigenvalue weighted by molar-refractivity contribution is 9.10. The van der Waals surface area contributed by atoms with E-state index in [1.54, 1.807) is 43.3 Å². The molecule has 0 spiro atoms. The van der Waals surface area contributed by atoms with E-state index in [-0.39, 0.29) is 11.6 Å². The van der Waals surface area contributed by atoms with E-state index in [4.69, 9.17) is 0 Å². The number of rotatable bonds is 7. The largest absolute Gasteiger partial charge is 0.317 e. The Morgan fingerprint density at radius 3 is 2.22 bits per heavy atom. The van der Waals surface area contributed by atoms with E-state index in [0.29, 0.717) is 11.3 Å². The van der Waals surface area contributed by atoms with E-state index in [1.165, 1.54) is 0 Å². The van der Waals surface area contributed by atoms with E-state index in [0.717, 1.165) is 15.6 Å². The smallest absolute Gasteiger partial charge is 0.287 e. The fraction of sp³-hybridized carbons (Fsp3) is 0.0385. The predicted molar refractivity (Wildman–Crippen MR) is 132 cm³/mol. The van der Waals surface area contributed by atoms with Crippen molar-refractivity contribution in [2.24, 2.45) is 5.10 Å². The van der Waals surface area contributed by atoms with Gasteiger partial charge in [-0.25, -0.2) is 5.43 Å². The van der Waals surface area contributed by atoms with Crippen LogP contribution in [-0.2, 0) is 4.79 Å². The molecule has 0 bridgehead atoms. The summed E-state index contributed by atoms with van der Waals surface area (Å²) in [6.07, 6.45) is 5.10. The van der Waals surface area contributed by atoms with Gasteiger partial charge in [-0.3, -0.25) is 9.59 Å². The number of nitrogens with one attached hydrogen (secondary N) is 2. The molecule has 160 valence electrons. The zero-order valence-corrected chi connectivity index (χ0v) is 19.0. The van der Waals surface area contributed by atoms with Gasteiger partial charge < -0.3 is 5.32 Å². The van der Waals surface area contributed by atoms with Crippen LogP contribution in [0, 0.1) is 0 Å². The molecule has 3 rings (SSSR count). The number of amides is 2. The quantitative estimate of drug-likeness (QED) is 0.205. The maximum absolute atomic E-state index is 12.8. The normalized spacial score (nSPS) is 11.9. The maximum Gasteiger partial charge on any atom is 0.287 e. The predicted octanol–water partition coefficient (Wildman–Crippen LogP) is 5.32. The molecule has 0 aromatic heterocycles. The monoisotopic (exact) mass is 487 g/mol. The summed E-state index contributed by atoms with van der Waals surface area (Å²) in [5.41, 5.74) is 5.52. The van der Waals surface area contributed by atoms with Crippen LogP contribution in [0.2, 0.25) is 0 Å². The van der Waals surface area contributed by atoms with Gasteiger partial charge in [0.15, 0.2) is 0 Å². The molecular weight excluding hydrogens is 466 g/mol. The van der Waals surface area contributed by atoms with Crippen molar-refractivity contribution < 1.29 is 9.59 Å². The van der Waals surface area contributed by atoms with Crippen LogP contribution < -0.4 is 10.7 Å². The minimum absolute atomic E-state index is 0.0804. The van der Waals surface area contributed by atoms with Gasteiger partial charge in [-0.2, -0.15) is 5.10 Å². The minimum atomic E-state index is -0.527. The molecule has 32 heavy (non-hydrogen) atoms. The molecule has 6 heteroatoms. The van der Waals surface area contributed by atoms with Gasteiger partial charge in [0.25, 0.3) is 11.8 Å². The summed E-state index contributed by atoms with van der Waals surface area (Å²) in [5, 5.41) is 6.86. The Morgan fingerprint density at radius 2 is 1.53 bits per heavy atom. The Labute approximate surface area is 195 Å².